The van der Waals surface area contributed by atoms with Crippen LogP contribution in [0.3, 0.4) is 0 Å². The molecular weight excluding hydrogens is 305 g/mol. The number of piperidine rings is 1. The minimum Gasteiger partial charge on any atom is -0.339 e. The van der Waals surface area contributed by atoms with Gasteiger partial charge in [-0.1, -0.05) is 0 Å². The van der Waals surface area contributed by atoms with E-state index < -0.39 is 18.3 Å². The molecule has 2 heterocycles. The van der Waals surface area contributed by atoms with Gasteiger partial charge in [-0.15, -0.1) is 0 Å². The predicted octanol–water partition coefficient (Wildman–Crippen LogP) is 2.75. The number of carbonyl (C=O) groups excluding carboxylic acids is 1. The van der Waals surface area contributed by atoms with Crippen molar-refractivity contribution >= 4 is 5.91 Å². The molecule has 1 aromatic rings. The quantitative estimate of drug-likeness (QED) is 0.849. The van der Waals surface area contributed by atoms with Crippen molar-refractivity contribution in [2.75, 3.05) is 26.3 Å². The zero-order valence-corrected chi connectivity index (χ0v) is 13.0. The number of hydrogen-bond donors (Lipinski definition) is 0. The molecule has 126 valence electrons. The number of hydrogen-bond acceptors (Lipinski definition) is 2. The van der Waals surface area contributed by atoms with Crippen molar-refractivity contribution < 1.29 is 18.0 Å². The lowest BCUT2D eigenvalue weighted by Gasteiger charge is -2.36. The summed E-state index contributed by atoms with van der Waals surface area (Å²) in [5, 5.41) is 0. The molecule has 1 atom stereocenters. The summed E-state index contributed by atoms with van der Waals surface area (Å²) in [6.07, 6.45) is 1.96. The normalized spacial score (nSPS) is 23.7. The molecule has 0 aliphatic carbocycles. The molecule has 1 amide bonds. The van der Waals surface area contributed by atoms with Crippen LogP contribution in [0.15, 0.2) is 18.2 Å². The highest BCUT2D eigenvalue weighted by atomic mass is 19.1. The molecule has 0 spiro atoms. The minimum absolute atomic E-state index is 0.0540. The largest absolute Gasteiger partial charge is 0.339 e. The third-order valence-electron chi connectivity index (χ3n) is 4.78. The third kappa shape index (κ3) is 3.86. The van der Waals surface area contributed by atoms with Crippen LogP contribution in [0.4, 0.5) is 13.2 Å². The number of amides is 1. The first-order chi connectivity index (χ1) is 11.0. The number of rotatable bonds is 4. The van der Waals surface area contributed by atoms with E-state index in [9.17, 15) is 18.0 Å². The van der Waals surface area contributed by atoms with E-state index >= 15 is 0 Å². The van der Waals surface area contributed by atoms with E-state index in [0.717, 1.165) is 32.0 Å². The lowest BCUT2D eigenvalue weighted by atomic mass is 10.0. The van der Waals surface area contributed by atoms with Crippen molar-refractivity contribution in [2.24, 2.45) is 5.92 Å². The van der Waals surface area contributed by atoms with Gasteiger partial charge in [0.15, 0.2) is 0 Å². The van der Waals surface area contributed by atoms with Crippen molar-refractivity contribution in [1.29, 1.82) is 0 Å². The van der Waals surface area contributed by atoms with Crippen molar-refractivity contribution in [1.82, 2.24) is 9.80 Å². The van der Waals surface area contributed by atoms with E-state index in [2.05, 4.69) is 4.90 Å². The van der Waals surface area contributed by atoms with Gasteiger partial charge in [-0.2, -0.15) is 0 Å². The molecule has 23 heavy (non-hydrogen) atoms. The SMILES string of the molecule is O=C1CC(CF)CN1C1CCN(Cc2cc(F)cc(F)c2)CC1. The molecule has 0 N–H and O–H groups in total. The van der Waals surface area contributed by atoms with Gasteiger partial charge in [0.05, 0.1) is 6.67 Å². The number of nitrogens with zero attached hydrogens (tertiary/aromatic N) is 2. The van der Waals surface area contributed by atoms with Gasteiger partial charge in [0, 0.05) is 50.6 Å². The summed E-state index contributed by atoms with van der Waals surface area (Å²) in [4.78, 5) is 15.9. The van der Waals surface area contributed by atoms with Crippen LogP contribution in [-0.4, -0.2) is 48.1 Å². The van der Waals surface area contributed by atoms with Crippen LogP contribution in [-0.2, 0) is 11.3 Å². The zero-order valence-electron chi connectivity index (χ0n) is 13.0. The van der Waals surface area contributed by atoms with Crippen molar-refractivity contribution in [3.05, 3.63) is 35.4 Å². The molecular formula is C17H21F3N2O. The highest BCUT2D eigenvalue weighted by Gasteiger charge is 2.35. The molecule has 1 unspecified atom stereocenters. The maximum absolute atomic E-state index is 13.2. The van der Waals surface area contributed by atoms with E-state index in [1.165, 1.54) is 12.1 Å². The standard InChI is InChI=1S/C17H21F3N2O/c18-9-13-7-17(23)22(11-13)16-1-3-21(4-2-16)10-12-5-14(19)8-15(20)6-12/h5-6,8,13,16H,1-4,7,9-11H2. The molecule has 0 radical (unpaired) electrons. The Morgan fingerprint density at radius 2 is 1.74 bits per heavy atom. The summed E-state index contributed by atoms with van der Waals surface area (Å²) in [7, 11) is 0. The number of carbonyl (C=O) groups is 1. The molecule has 3 rings (SSSR count). The van der Waals surface area contributed by atoms with Crippen LogP contribution in [0.5, 0.6) is 0 Å². The van der Waals surface area contributed by atoms with Crippen molar-refractivity contribution in [2.45, 2.75) is 31.8 Å². The maximum Gasteiger partial charge on any atom is 0.223 e. The number of alkyl halides is 1. The lowest BCUT2D eigenvalue weighted by Crippen LogP contribution is -2.45. The van der Waals surface area contributed by atoms with Crippen LogP contribution >= 0.6 is 0 Å². The molecule has 1 aromatic carbocycles. The van der Waals surface area contributed by atoms with Gasteiger partial charge >= 0.3 is 0 Å². The van der Waals surface area contributed by atoms with Crippen molar-refractivity contribution in [3.63, 3.8) is 0 Å². The Balaban J connectivity index is 1.53. The summed E-state index contributed by atoms with van der Waals surface area (Å²) in [5.74, 6) is -1.22. The van der Waals surface area contributed by atoms with Gasteiger partial charge in [0.25, 0.3) is 0 Å². The van der Waals surface area contributed by atoms with Crippen molar-refractivity contribution in [3.8, 4) is 0 Å². The first-order valence-electron chi connectivity index (χ1n) is 8.08. The fourth-order valence-electron chi connectivity index (χ4n) is 3.61. The summed E-state index contributed by atoms with van der Waals surface area (Å²) >= 11 is 0. The smallest absolute Gasteiger partial charge is 0.223 e. The second kappa shape index (κ2) is 6.91. The van der Waals surface area contributed by atoms with Crippen LogP contribution in [0.2, 0.25) is 0 Å². The summed E-state index contributed by atoms with van der Waals surface area (Å²) in [5.41, 5.74) is 0.621. The van der Waals surface area contributed by atoms with Gasteiger partial charge in [-0.25, -0.2) is 8.78 Å². The fourth-order valence-corrected chi connectivity index (χ4v) is 3.61. The molecule has 3 nitrogen and oxygen atoms in total. The first-order valence-corrected chi connectivity index (χ1v) is 8.08. The van der Waals surface area contributed by atoms with E-state index in [1.807, 2.05) is 4.90 Å². The maximum atomic E-state index is 13.2. The average molecular weight is 326 g/mol. The monoisotopic (exact) mass is 326 g/mol. The van der Waals surface area contributed by atoms with Crippen LogP contribution in [0.25, 0.3) is 0 Å². The first kappa shape index (κ1) is 16.3. The molecule has 2 saturated heterocycles. The van der Waals surface area contributed by atoms with Gasteiger partial charge in [-0.05, 0) is 30.5 Å². The van der Waals surface area contributed by atoms with E-state index in [4.69, 9.17) is 0 Å². The van der Waals surface area contributed by atoms with E-state index in [0.29, 0.717) is 25.1 Å². The number of benzene rings is 1. The lowest BCUT2D eigenvalue weighted by molar-refractivity contribution is -0.130. The topological polar surface area (TPSA) is 23.6 Å². The summed E-state index contributed by atoms with van der Waals surface area (Å²) < 4.78 is 39.2. The van der Waals surface area contributed by atoms with Crippen LogP contribution < -0.4 is 0 Å². The van der Waals surface area contributed by atoms with Gasteiger partial charge in [-0.3, -0.25) is 14.1 Å². The summed E-state index contributed by atoms with van der Waals surface area (Å²) in [6, 6.07) is 3.74. The van der Waals surface area contributed by atoms with Gasteiger partial charge in [0.2, 0.25) is 5.91 Å². The Labute approximate surface area is 134 Å². The van der Waals surface area contributed by atoms with Gasteiger partial charge in [0.1, 0.15) is 11.6 Å². The summed E-state index contributed by atoms with van der Waals surface area (Å²) in [6.45, 7) is 2.13. The molecule has 6 heteroatoms. The molecule has 2 fully saturated rings. The number of halogens is 3. The Morgan fingerprint density at radius 3 is 2.30 bits per heavy atom. The molecule has 0 saturated carbocycles. The molecule has 0 aromatic heterocycles. The second-order valence-corrected chi connectivity index (χ2v) is 6.56. The third-order valence-corrected chi connectivity index (χ3v) is 4.78. The van der Waals surface area contributed by atoms with E-state index in [-0.39, 0.29) is 17.9 Å². The Kier molecular flexibility index (Phi) is 4.90. The molecule has 2 aliphatic rings. The molecule has 2 aliphatic heterocycles. The van der Waals surface area contributed by atoms with E-state index in [1.54, 1.807) is 0 Å². The average Bonchev–Trinajstić information content (AvgIpc) is 2.88. The van der Waals surface area contributed by atoms with Crippen LogP contribution in [0, 0.1) is 17.6 Å². The molecule has 0 bridgehead atoms. The van der Waals surface area contributed by atoms with Crippen LogP contribution in [0.1, 0.15) is 24.8 Å². The Morgan fingerprint density at radius 1 is 1.09 bits per heavy atom. The fraction of sp³-hybridized carbons (Fsp3) is 0.588. The highest BCUT2D eigenvalue weighted by molar-refractivity contribution is 5.79. The highest BCUT2D eigenvalue weighted by Crippen LogP contribution is 2.26. The zero-order chi connectivity index (χ0) is 16.4. The Hall–Kier alpha value is -1.56. The Bertz CT molecular complexity index is 553. The minimum atomic E-state index is -0.560. The number of likely N-dealkylation sites (tertiary alicyclic amines) is 2. The van der Waals surface area contributed by atoms with Gasteiger partial charge < -0.3 is 4.90 Å². The second-order valence-electron chi connectivity index (χ2n) is 6.56. The predicted molar refractivity (Wildman–Crippen MR) is 80.5 cm³/mol.